The summed E-state index contributed by atoms with van der Waals surface area (Å²) in [7, 11) is 0. The van der Waals surface area contributed by atoms with Crippen molar-refractivity contribution in [3.8, 4) is 12.3 Å². The van der Waals surface area contributed by atoms with Crippen LogP contribution in [-0.2, 0) is 24.8 Å². The van der Waals surface area contributed by atoms with Crippen LogP contribution in [0.2, 0.25) is 0 Å². The third-order valence-electron chi connectivity index (χ3n) is 0.204. The molecule has 0 aliphatic heterocycles. The molecule has 0 N–H and O–H groups in total. The molecule has 0 saturated carbocycles. The zero-order chi connectivity index (χ0) is 6.12. The monoisotopic (exact) mass is 288 g/mol. The molecule has 0 aromatic carbocycles. The molecule has 0 radical (unpaired) electrons. The van der Waals surface area contributed by atoms with Gasteiger partial charge in [0.25, 0.3) is 0 Å². The average Bonchev–Trinajstić information content (AvgIpc) is 1.69. The second kappa shape index (κ2) is 29.0. The molecule has 0 aliphatic carbocycles. The van der Waals surface area contributed by atoms with Gasteiger partial charge in [-0.1, -0.05) is 6.92 Å². The Kier molecular flexibility index (Phi) is 56.8. The number of rotatable bonds is 0. The van der Waals surface area contributed by atoms with Crippen molar-refractivity contribution in [2.24, 2.45) is 0 Å². The second-order valence-corrected chi connectivity index (χ2v) is 1.07. The first kappa shape index (κ1) is 15.7. The van der Waals surface area contributed by atoms with Crippen molar-refractivity contribution >= 4 is 0 Å². The van der Waals surface area contributed by atoms with Crippen LogP contribution in [0, 0.1) is 19.8 Å². The second-order valence-electron chi connectivity index (χ2n) is 0.621. The van der Waals surface area contributed by atoms with Crippen molar-refractivity contribution in [2.45, 2.75) is 13.3 Å². The molecule has 0 bridgehead atoms. The van der Waals surface area contributed by atoms with E-state index in [0.29, 0.717) is 0 Å². The summed E-state index contributed by atoms with van der Waals surface area (Å²) >= 11 is -2.17. The van der Waals surface area contributed by atoms with Gasteiger partial charge in [0.15, 0.2) is 0 Å². The molecule has 0 aromatic heterocycles. The molecule has 0 heterocycles. The minimum absolute atomic E-state index is 0. The summed E-state index contributed by atoms with van der Waals surface area (Å²) in [6, 6.07) is 0. The molecule has 0 amide bonds. The van der Waals surface area contributed by atoms with Crippen LogP contribution in [-0.4, -0.2) is 0 Å². The maximum atomic E-state index is 8.53. The van der Waals surface area contributed by atoms with Gasteiger partial charge in [0, 0.05) is 6.42 Å². The van der Waals surface area contributed by atoms with E-state index in [2.05, 4.69) is 5.92 Å². The Labute approximate surface area is 58.4 Å². The van der Waals surface area contributed by atoms with Crippen LogP contribution >= 0.6 is 0 Å². The normalized spacial score (nSPS) is 4.00. The molecule has 0 atom stereocenters. The predicted molar refractivity (Wildman–Crippen MR) is 26.9 cm³/mol. The Morgan fingerprint density at radius 2 is 1.75 bits per heavy atom. The summed E-state index contributed by atoms with van der Waals surface area (Å²) in [6.45, 7) is 1.94. The van der Waals surface area contributed by atoms with Gasteiger partial charge in [0.05, 0.1) is 0 Å². The van der Waals surface area contributed by atoms with Crippen molar-refractivity contribution in [1.29, 1.82) is 0 Å². The molecule has 0 aromatic rings. The first-order chi connectivity index (χ1) is 3.33. The van der Waals surface area contributed by atoms with Gasteiger partial charge in [-0.2, -0.15) is 0 Å². The molecule has 0 aliphatic rings. The first-order valence-electron chi connectivity index (χ1n) is 1.66. The topological polar surface area (TPSA) is 34.1 Å². The Morgan fingerprint density at radius 1 is 1.62 bits per heavy atom. The van der Waals surface area contributed by atoms with Crippen molar-refractivity contribution in [2.75, 3.05) is 0 Å². The van der Waals surface area contributed by atoms with E-state index in [1.807, 2.05) is 6.92 Å². The summed E-state index contributed by atoms with van der Waals surface area (Å²) in [6.07, 6.45) is 5.62. The van der Waals surface area contributed by atoms with Gasteiger partial charge in [-0.05, 0) is 0 Å². The van der Waals surface area contributed by atoms with Crippen LogP contribution in [0.15, 0.2) is 0 Å². The van der Waals surface area contributed by atoms with Crippen LogP contribution in [0.4, 0.5) is 0 Å². The fourth-order valence-corrected chi connectivity index (χ4v) is 0. The van der Waals surface area contributed by atoms with E-state index < -0.39 is 17.9 Å². The van der Waals surface area contributed by atoms with E-state index in [1.54, 1.807) is 0 Å². The fourth-order valence-electron chi connectivity index (χ4n) is 0. The summed E-state index contributed by atoms with van der Waals surface area (Å²) in [4.78, 5) is 0. The number of hydrogen-bond acceptors (Lipinski definition) is 2. The molecular formula is C5H9O2Re-. The standard InChI is InChI=1S/C4H6.CH3.2O.Re/c1-3-4-2;;;;/h1H,4H2,2H3;1H3;;;/q;-1;;;. The fraction of sp³-hybridized carbons (Fsp3) is 0.400. The van der Waals surface area contributed by atoms with Gasteiger partial charge >= 0.3 is 24.8 Å². The van der Waals surface area contributed by atoms with Gasteiger partial charge in [-0.3, -0.25) is 0 Å². The van der Waals surface area contributed by atoms with Gasteiger partial charge in [0.1, 0.15) is 0 Å². The molecule has 3 heteroatoms. The molecule has 0 fully saturated rings. The Balaban J connectivity index is -0.0000000575. The van der Waals surface area contributed by atoms with Crippen molar-refractivity contribution in [3.63, 3.8) is 0 Å². The SMILES string of the molecule is C#CCC.[CH3-].[O]=[Re]=[O]. The summed E-state index contributed by atoms with van der Waals surface area (Å²) in [5, 5.41) is 0. The first-order valence-corrected chi connectivity index (χ1v) is 3.88. The number of terminal acetylenes is 1. The molecule has 49 valence electrons. The van der Waals surface area contributed by atoms with Crippen molar-refractivity contribution in [3.05, 3.63) is 7.43 Å². The molecular weight excluding hydrogens is 278 g/mol. The molecule has 0 saturated heterocycles. The van der Waals surface area contributed by atoms with Gasteiger partial charge in [-0.25, -0.2) is 0 Å². The van der Waals surface area contributed by atoms with E-state index in [4.69, 9.17) is 13.4 Å². The molecule has 0 spiro atoms. The summed E-state index contributed by atoms with van der Waals surface area (Å²) in [5.74, 6) is 2.43. The van der Waals surface area contributed by atoms with Crippen LogP contribution in [0.3, 0.4) is 0 Å². The predicted octanol–water partition coefficient (Wildman–Crippen LogP) is 1.24. The van der Waals surface area contributed by atoms with Gasteiger partial charge < -0.3 is 7.43 Å². The van der Waals surface area contributed by atoms with E-state index in [-0.39, 0.29) is 7.43 Å². The summed E-state index contributed by atoms with van der Waals surface area (Å²) in [5.41, 5.74) is 0. The Bertz CT molecular complexity index is 87.1. The van der Waals surface area contributed by atoms with Gasteiger partial charge in [-0.15, -0.1) is 12.3 Å². The Hall–Kier alpha value is -0.178. The quantitative estimate of drug-likeness (QED) is 0.496. The van der Waals surface area contributed by atoms with Crippen LogP contribution in [0.25, 0.3) is 0 Å². The summed E-state index contributed by atoms with van der Waals surface area (Å²) < 4.78 is 17.1. The third-order valence-corrected chi connectivity index (χ3v) is 0.204. The van der Waals surface area contributed by atoms with Crippen molar-refractivity contribution in [1.82, 2.24) is 0 Å². The molecule has 8 heavy (non-hydrogen) atoms. The van der Waals surface area contributed by atoms with E-state index in [0.717, 1.165) is 6.42 Å². The van der Waals surface area contributed by atoms with Gasteiger partial charge in [0.2, 0.25) is 0 Å². The third kappa shape index (κ3) is 200. The average molecular weight is 287 g/mol. The van der Waals surface area contributed by atoms with Crippen LogP contribution in [0.1, 0.15) is 13.3 Å². The molecule has 0 rings (SSSR count). The minimum atomic E-state index is -2.17. The van der Waals surface area contributed by atoms with E-state index in [1.165, 1.54) is 0 Å². The van der Waals surface area contributed by atoms with Crippen LogP contribution in [0.5, 0.6) is 0 Å². The van der Waals surface area contributed by atoms with Crippen molar-refractivity contribution < 1.29 is 24.8 Å². The molecule has 0 unspecified atom stereocenters. The van der Waals surface area contributed by atoms with E-state index >= 15 is 0 Å². The molecule has 2 nitrogen and oxygen atoms in total. The number of hydrogen-bond donors (Lipinski definition) is 0. The Morgan fingerprint density at radius 3 is 1.75 bits per heavy atom. The zero-order valence-electron chi connectivity index (χ0n) is 4.98. The zero-order valence-corrected chi connectivity index (χ0v) is 7.69. The van der Waals surface area contributed by atoms with Crippen LogP contribution < -0.4 is 0 Å². The maximum absolute atomic E-state index is 8.53. The van der Waals surface area contributed by atoms with E-state index in [9.17, 15) is 0 Å².